The number of nitro benzene ring substituents is 1. The highest BCUT2D eigenvalue weighted by atomic mass is 16.6. The average Bonchev–Trinajstić information content (AvgIpc) is 3.17. The zero-order chi connectivity index (χ0) is 28.1. The first-order valence-corrected chi connectivity index (χ1v) is 11.9. The highest BCUT2D eigenvalue weighted by Crippen LogP contribution is 2.24. The maximum Gasteiger partial charge on any atom is 0.329 e. The maximum atomic E-state index is 13.5. The minimum absolute atomic E-state index is 0.00177. The van der Waals surface area contributed by atoms with Gasteiger partial charge in [0.25, 0.3) is 5.69 Å². The Hall–Kier alpha value is -5.13. The van der Waals surface area contributed by atoms with E-state index >= 15 is 0 Å². The molecule has 0 aliphatic carbocycles. The zero-order valence-corrected chi connectivity index (χ0v) is 21.4. The molecule has 1 aromatic heterocycles. The number of nitrogens with two attached hydrogens (primary N) is 1. The molecule has 12 nitrogen and oxygen atoms in total. The molecule has 12 heteroatoms. The van der Waals surface area contributed by atoms with Crippen molar-refractivity contribution >= 4 is 28.5 Å². The van der Waals surface area contributed by atoms with Gasteiger partial charge in [-0.3, -0.25) is 28.8 Å². The fourth-order valence-electron chi connectivity index (χ4n) is 4.33. The number of hydrogen-bond acceptors (Lipinski definition) is 7. The number of non-ortho nitro benzene ring substituents is 1. The molecule has 1 heterocycles. The molecule has 0 saturated carbocycles. The number of carbonyl (C=O) groups is 2. The number of benzene rings is 3. The van der Waals surface area contributed by atoms with Crippen LogP contribution in [0.4, 0.5) is 5.69 Å². The third kappa shape index (κ3) is 6.06. The van der Waals surface area contributed by atoms with Crippen molar-refractivity contribution in [2.24, 2.45) is 5.73 Å². The lowest BCUT2D eigenvalue weighted by Crippen LogP contribution is -2.41. The van der Waals surface area contributed by atoms with E-state index in [1.807, 2.05) is 30.3 Å². The van der Waals surface area contributed by atoms with Crippen LogP contribution in [0.1, 0.15) is 11.1 Å². The Bertz CT molecular complexity index is 1570. The first kappa shape index (κ1) is 26.9. The third-order valence-corrected chi connectivity index (χ3v) is 6.17. The van der Waals surface area contributed by atoms with Crippen LogP contribution in [0.5, 0.6) is 11.5 Å². The fraction of sp³-hybridized carbons (Fsp3) is 0.222. The zero-order valence-electron chi connectivity index (χ0n) is 21.4. The van der Waals surface area contributed by atoms with E-state index in [9.17, 15) is 24.5 Å². The molecular weight excluding hydrogens is 506 g/mol. The standard InChI is InChI=1S/C27H27N5O7/c1-38-21-10-19(11-22(13-21)39-2)14-29(16-25(28)33)26(34)17-31-23-9-8-20(32(36)37)12-24(23)30(27(31)35)15-18-6-4-3-5-7-18/h3-13H,14-17H2,1-2H3,(H2,28,33). The van der Waals surface area contributed by atoms with Crippen LogP contribution in [0.3, 0.4) is 0 Å². The monoisotopic (exact) mass is 533 g/mol. The lowest BCUT2D eigenvalue weighted by atomic mass is 10.1. The van der Waals surface area contributed by atoms with E-state index in [4.69, 9.17) is 15.2 Å². The van der Waals surface area contributed by atoms with Crippen molar-refractivity contribution in [3.63, 3.8) is 0 Å². The number of nitro groups is 1. The molecule has 39 heavy (non-hydrogen) atoms. The molecule has 2 amide bonds. The molecule has 4 rings (SSSR count). The number of hydrogen-bond donors (Lipinski definition) is 1. The topological polar surface area (TPSA) is 152 Å². The SMILES string of the molecule is COc1cc(CN(CC(N)=O)C(=O)Cn2c(=O)n(Cc3ccccc3)c3cc([N+](=O)[O-])ccc32)cc(OC)c1. The van der Waals surface area contributed by atoms with Crippen LogP contribution in [-0.4, -0.2) is 51.5 Å². The van der Waals surface area contributed by atoms with Crippen LogP contribution in [0.2, 0.25) is 0 Å². The summed E-state index contributed by atoms with van der Waals surface area (Å²) < 4.78 is 13.2. The molecule has 0 saturated heterocycles. The van der Waals surface area contributed by atoms with Crippen molar-refractivity contribution in [2.75, 3.05) is 20.8 Å². The molecule has 202 valence electrons. The summed E-state index contributed by atoms with van der Waals surface area (Å²) in [5.41, 5.74) is 6.80. The predicted octanol–water partition coefficient (Wildman–Crippen LogP) is 2.29. The molecule has 0 aliphatic rings. The van der Waals surface area contributed by atoms with Gasteiger partial charge < -0.3 is 20.1 Å². The van der Waals surface area contributed by atoms with Crippen LogP contribution in [0, 0.1) is 10.1 Å². The normalized spacial score (nSPS) is 10.8. The van der Waals surface area contributed by atoms with Crippen molar-refractivity contribution in [3.8, 4) is 11.5 Å². The van der Waals surface area contributed by atoms with E-state index in [0.29, 0.717) is 28.1 Å². The van der Waals surface area contributed by atoms with Gasteiger partial charge >= 0.3 is 5.69 Å². The number of nitrogens with zero attached hydrogens (tertiary/aromatic N) is 4. The van der Waals surface area contributed by atoms with E-state index in [1.165, 1.54) is 46.5 Å². The number of amides is 2. The molecule has 0 fully saturated rings. The highest BCUT2D eigenvalue weighted by molar-refractivity contribution is 5.85. The number of fused-ring (bicyclic) bond motifs is 1. The van der Waals surface area contributed by atoms with Gasteiger partial charge in [0.15, 0.2) is 0 Å². The minimum atomic E-state index is -0.729. The Morgan fingerprint density at radius 3 is 2.18 bits per heavy atom. The summed E-state index contributed by atoms with van der Waals surface area (Å²) in [7, 11) is 2.99. The van der Waals surface area contributed by atoms with Crippen molar-refractivity contribution in [3.05, 3.63) is 98.5 Å². The molecule has 4 aromatic rings. The Balaban J connectivity index is 1.73. The van der Waals surface area contributed by atoms with E-state index in [0.717, 1.165) is 5.56 Å². The summed E-state index contributed by atoms with van der Waals surface area (Å²) in [6.45, 7) is -0.657. The number of methoxy groups -OCH3 is 2. The highest BCUT2D eigenvalue weighted by Gasteiger charge is 2.23. The Morgan fingerprint density at radius 1 is 0.923 bits per heavy atom. The van der Waals surface area contributed by atoms with Gasteiger partial charge in [-0.1, -0.05) is 30.3 Å². The third-order valence-electron chi connectivity index (χ3n) is 6.17. The van der Waals surface area contributed by atoms with Gasteiger partial charge in [0.1, 0.15) is 18.0 Å². The lowest BCUT2D eigenvalue weighted by molar-refractivity contribution is -0.384. The predicted molar refractivity (Wildman–Crippen MR) is 143 cm³/mol. The van der Waals surface area contributed by atoms with Gasteiger partial charge in [0.2, 0.25) is 11.8 Å². The van der Waals surface area contributed by atoms with Crippen molar-refractivity contribution in [2.45, 2.75) is 19.6 Å². The molecule has 0 spiro atoms. The van der Waals surface area contributed by atoms with Gasteiger partial charge in [0.05, 0.1) is 43.3 Å². The number of imidazole rings is 1. The van der Waals surface area contributed by atoms with E-state index < -0.39 is 29.0 Å². The van der Waals surface area contributed by atoms with Gasteiger partial charge in [-0.2, -0.15) is 0 Å². The molecule has 0 aliphatic heterocycles. The first-order valence-electron chi connectivity index (χ1n) is 11.9. The maximum absolute atomic E-state index is 13.5. The minimum Gasteiger partial charge on any atom is -0.497 e. The number of rotatable bonds is 11. The average molecular weight is 534 g/mol. The summed E-state index contributed by atoms with van der Waals surface area (Å²) in [5.74, 6) is -0.280. The largest absolute Gasteiger partial charge is 0.497 e. The summed E-state index contributed by atoms with van der Waals surface area (Å²) in [6, 6.07) is 18.2. The number of aromatic nitrogens is 2. The fourth-order valence-corrected chi connectivity index (χ4v) is 4.33. The Labute approximate surface area is 222 Å². The van der Waals surface area contributed by atoms with Crippen molar-refractivity contribution in [1.82, 2.24) is 14.0 Å². The van der Waals surface area contributed by atoms with Crippen molar-refractivity contribution < 1.29 is 24.0 Å². The van der Waals surface area contributed by atoms with Gasteiger partial charge in [-0.15, -0.1) is 0 Å². The summed E-state index contributed by atoms with van der Waals surface area (Å²) >= 11 is 0. The van der Waals surface area contributed by atoms with E-state index in [2.05, 4.69) is 0 Å². The summed E-state index contributed by atoms with van der Waals surface area (Å²) in [5, 5.41) is 11.4. The van der Waals surface area contributed by atoms with Gasteiger partial charge in [-0.25, -0.2) is 4.79 Å². The Morgan fingerprint density at radius 2 is 1.59 bits per heavy atom. The van der Waals surface area contributed by atoms with Crippen LogP contribution < -0.4 is 20.9 Å². The molecule has 3 aromatic carbocycles. The molecular formula is C27H27N5O7. The van der Waals surface area contributed by atoms with Crippen LogP contribution in [0.25, 0.3) is 11.0 Å². The van der Waals surface area contributed by atoms with Crippen LogP contribution in [0.15, 0.2) is 71.5 Å². The molecule has 0 radical (unpaired) electrons. The molecule has 0 unspecified atom stereocenters. The van der Waals surface area contributed by atoms with Gasteiger partial charge in [-0.05, 0) is 29.3 Å². The van der Waals surface area contributed by atoms with Crippen LogP contribution >= 0.6 is 0 Å². The van der Waals surface area contributed by atoms with Crippen LogP contribution in [-0.2, 0) is 29.2 Å². The summed E-state index contributed by atoms with van der Waals surface area (Å²) in [6.07, 6.45) is 0. The summed E-state index contributed by atoms with van der Waals surface area (Å²) in [4.78, 5) is 51.0. The first-order chi connectivity index (χ1) is 18.7. The number of primary amides is 1. The molecule has 0 bridgehead atoms. The van der Waals surface area contributed by atoms with E-state index in [1.54, 1.807) is 18.2 Å². The smallest absolute Gasteiger partial charge is 0.329 e. The second-order valence-corrected chi connectivity index (χ2v) is 8.81. The molecule has 0 atom stereocenters. The number of ether oxygens (including phenoxy) is 2. The second kappa shape index (κ2) is 11.5. The van der Waals surface area contributed by atoms with E-state index in [-0.39, 0.29) is 25.3 Å². The van der Waals surface area contributed by atoms with Gasteiger partial charge in [0, 0.05) is 24.7 Å². The second-order valence-electron chi connectivity index (χ2n) is 8.81. The quantitative estimate of drug-likeness (QED) is 0.229. The Kier molecular flexibility index (Phi) is 7.94. The van der Waals surface area contributed by atoms with Crippen molar-refractivity contribution in [1.29, 1.82) is 0 Å². The lowest BCUT2D eigenvalue weighted by Gasteiger charge is -2.22. The number of carbonyl (C=O) groups excluding carboxylic acids is 2. The molecule has 2 N–H and O–H groups in total.